The molecule has 3 aromatic carbocycles. The molecule has 0 aliphatic carbocycles. The van der Waals surface area contributed by atoms with Crippen LogP contribution in [0.3, 0.4) is 0 Å². The summed E-state index contributed by atoms with van der Waals surface area (Å²) in [5, 5.41) is 2.57. The second-order valence-electron chi connectivity index (χ2n) is 5.04. The Morgan fingerprint density at radius 1 is 0.900 bits per heavy atom. The van der Waals surface area contributed by atoms with Crippen LogP contribution in [0.4, 0.5) is 5.69 Å². The molecule has 1 heterocycles. The van der Waals surface area contributed by atoms with Gasteiger partial charge in [0.05, 0.1) is 11.4 Å². The van der Waals surface area contributed by atoms with E-state index in [4.69, 9.17) is 4.99 Å². The van der Waals surface area contributed by atoms with Gasteiger partial charge >= 0.3 is 0 Å². The van der Waals surface area contributed by atoms with Gasteiger partial charge in [0, 0.05) is 16.3 Å². The van der Waals surface area contributed by atoms with Crippen LogP contribution < -0.4 is 0 Å². The van der Waals surface area contributed by atoms with E-state index in [0.717, 1.165) is 22.3 Å². The molecule has 0 saturated heterocycles. The fourth-order valence-corrected chi connectivity index (χ4v) is 3.24. The van der Waals surface area contributed by atoms with Crippen molar-refractivity contribution in [2.75, 3.05) is 0 Å². The molecule has 0 fully saturated rings. The maximum atomic E-state index is 4.87. The van der Waals surface area contributed by atoms with Gasteiger partial charge in [0.15, 0.2) is 0 Å². The zero-order valence-corrected chi connectivity index (χ0v) is 12.4. The monoisotopic (exact) mass is 321 g/mol. The minimum absolute atomic E-state index is 0.894. The largest absolute Gasteiger partial charge is 0.252 e. The predicted molar refractivity (Wildman–Crippen MR) is 88.0 cm³/mol. The van der Waals surface area contributed by atoms with Gasteiger partial charge in [-0.15, -0.1) is 0 Å². The highest BCUT2D eigenvalue weighted by atomic mass is 79.9. The third-order valence-corrected chi connectivity index (χ3v) is 4.23. The summed E-state index contributed by atoms with van der Waals surface area (Å²) in [5.41, 5.74) is 4.77. The number of hydrogen-bond acceptors (Lipinski definition) is 1. The van der Waals surface area contributed by atoms with Crippen LogP contribution in [-0.2, 0) is 6.42 Å². The third-order valence-electron chi connectivity index (χ3n) is 3.74. The number of rotatable bonds is 1. The molecule has 1 aliphatic rings. The first-order chi connectivity index (χ1) is 9.81. The van der Waals surface area contributed by atoms with E-state index < -0.39 is 0 Å². The average Bonchev–Trinajstić information content (AvgIpc) is 2.48. The Morgan fingerprint density at radius 3 is 2.55 bits per heavy atom. The van der Waals surface area contributed by atoms with Gasteiger partial charge in [-0.3, -0.25) is 4.99 Å². The van der Waals surface area contributed by atoms with Gasteiger partial charge in [-0.25, -0.2) is 0 Å². The zero-order chi connectivity index (χ0) is 13.5. The highest BCUT2D eigenvalue weighted by molar-refractivity contribution is 9.10. The molecular formula is C18H12BrN. The molecule has 3 aromatic rings. The summed E-state index contributed by atoms with van der Waals surface area (Å²) in [6.07, 6.45) is 0.894. The van der Waals surface area contributed by atoms with Crippen molar-refractivity contribution in [3.8, 4) is 0 Å². The van der Waals surface area contributed by atoms with Crippen LogP contribution in [0.2, 0.25) is 0 Å². The second kappa shape index (κ2) is 4.57. The molecule has 2 heteroatoms. The summed E-state index contributed by atoms with van der Waals surface area (Å²) in [5.74, 6) is 0. The number of halogens is 1. The summed E-state index contributed by atoms with van der Waals surface area (Å²) in [7, 11) is 0. The number of aliphatic imine (C=N–C) groups is 1. The van der Waals surface area contributed by atoms with Gasteiger partial charge < -0.3 is 0 Å². The van der Waals surface area contributed by atoms with Crippen LogP contribution in [0.25, 0.3) is 10.8 Å². The molecule has 4 rings (SSSR count). The van der Waals surface area contributed by atoms with Crippen molar-refractivity contribution in [2.45, 2.75) is 6.42 Å². The molecule has 1 nitrogen and oxygen atoms in total. The fraction of sp³-hybridized carbons (Fsp3) is 0.0556. The summed E-state index contributed by atoms with van der Waals surface area (Å²) in [6, 6.07) is 21.2. The summed E-state index contributed by atoms with van der Waals surface area (Å²) in [4.78, 5) is 4.87. The summed E-state index contributed by atoms with van der Waals surface area (Å²) < 4.78 is 1.09. The van der Waals surface area contributed by atoms with Crippen molar-refractivity contribution < 1.29 is 0 Å². The Balaban J connectivity index is 1.94. The molecule has 0 saturated carbocycles. The molecule has 1 aliphatic heterocycles. The van der Waals surface area contributed by atoms with E-state index in [1.54, 1.807) is 0 Å². The predicted octanol–water partition coefficient (Wildman–Crippen LogP) is 5.28. The van der Waals surface area contributed by atoms with Gasteiger partial charge in [-0.05, 0) is 34.7 Å². The molecule has 0 N–H and O–H groups in total. The van der Waals surface area contributed by atoms with Gasteiger partial charge in [0.2, 0.25) is 0 Å². The first kappa shape index (κ1) is 11.9. The first-order valence-corrected chi connectivity index (χ1v) is 7.45. The lowest BCUT2D eigenvalue weighted by Gasteiger charge is -2.17. The summed E-state index contributed by atoms with van der Waals surface area (Å²) >= 11 is 3.53. The minimum atomic E-state index is 0.894. The van der Waals surface area contributed by atoms with Gasteiger partial charge in [0.25, 0.3) is 0 Å². The van der Waals surface area contributed by atoms with E-state index in [9.17, 15) is 0 Å². The SMILES string of the molecule is Brc1cccc(C2=Nc3cccc4cccc(c34)C2)c1. The number of hydrogen-bond donors (Lipinski definition) is 0. The molecule has 0 aromatic heterocycles. The lowest BCUT2D eigenvalue weighted by atomic mass is 9.93. The van der Waals surface area contributed by atoms with Crippen LogP contribution in [0, 0.1) is 0 Å². The first-order valence-electron chi connectivity index (χ1n) is 6.65. The van der Waals surface area contributed by atoms with Gasteiger partial charge in [0.1, 0.15) is 0 Å². The topological polar surface area (TPSA) is 12.4 Å². The van der Waals surface area contributed by atoms with E-state index in [0.29, 0.717) is 0 Å². The van der Waals surface area contributed by atoms with E-state index in [2.05, 4.69) is 70.5 Å². The van der Waals surface area contributed by atoms with Crippen LogP contribution in [-0.4, -0.2) is 5.71 Å². The van der Waals surface area contributed by atoms with E-state index in [-0.39, 0.29) is 0 Å². The number of nitrogens with zero attached hydrogens (tertiary/aromatic N) is 1. The van der Waals surface area contributed by atoms with E-state index >= 15 is 0 Å². The van der Waals surface area contributed by atoms with Crippen molar-refractivity contribution in [3.63, 3.8) is 0 Å². The smallest absolute Gasteiger partial charge is 0.0714 e. The molecule has 0 bridgehead atoms. The maximum absolute atomic E-state index is 4.87. The lowest BCUT2D eigenvalue weighted by Crippen LogP contribution is -2.09. The molecule has 20 heavy (non-hydrogen) atoms. The Hall–Kier alpha value is -1.93. The molecule has 0 amide bonds. The number of benzene rings is 3. The average molecular weight is 322 g/mol. The van der Waals surface area contributed by atoms with Crippen molar-refractivity contribution in [3.05, 3.63) is 76.3 Å². The van der Waals surface area contributed by atoms with Crippen LogP contribution in [0.15, 0.2) is 70.1 Å². The highest BCUT2D eigenvalue weighted by Crippen LogP contribution is 2.34. The second-order valence-corrected chi connectivity index (χ2v) is 5.95. The standard InChI is InChI=1S/C18H12BrN/c19-15-8-2-6-13(10-15)17-11-14-7-1-4-12-5-3-9-16(20-17)18(12)14/h1-10H,11H2. The van der Waals surface area contributed by atoms with Gasteiger partial charge in [-0.1, -0.05) is 58.4 Å². The third kappa shape index (κ3) is 1.88. The molecule has 96 valence electrons. The summed E-state index contributed by atoms with van der Waals surface area (Å²) in [6.45, 7) is 0. The quantitative estimate of drug-likeness (QED) is 0.578. The van der Waals surface area contributed by atoms with Crippen LogP contribution in [0.5, 0.6) is 0 Å². The van der Waals surface area contributed by atoms with Crippen molar-refractivity contribution in [1.82, 2.24) is 0 Å². The zero-order valence-electron chi connectivity index (χ0n) is 10.8. The Bertz CT molecular complexity index is 844. The van der Waals surface area contributed by atoms with Crippen LogP contribution in [0.1, 0.15) is 11.1 Å². The molecular weight excluding hydrogens is 310 g/mol. The van der Waals surface area contributed by atoms with Crippen molar-refractivity contribution >= 4 is 38.1 Å². The van der Waals surface area contributed by atoms with E-state index in [1.807, 2.05) is 6.07 Å². The minimum Gasteiger partial charge on any atom is -0.252 e. The van der Waals surface area contributed by atoms with Crippen LogP contribution >= 0.6 is 15.9 Å². The maximum Gasteiger partial charge on any atom is 0.0714 e. The molecule has 0 atom stereocenters. The fourth-order valence-electron chi connectivity index (χ4n) is 2.84. The Morgan fingerprint density at radius 2 is 1.70 bits per heavy atom. The van der Waals surface area contributed by atoms with Gasteiger partial charge in [-0.2, -0.15) is 0 Å². The molecule has 0 spiro atoms. The highest BCUT2D eigenvalue weighted by Gasteiger charge is 2.15. The molecule has 0 radical (unpaired) electrons. The molecule has 0 unspecified atom stereocenters. The van der Waals surface area contributed by atoms with E-state index in [1.165, 1.54) is 21.9 Å². The normalized spacial score (nSPS) is 13.3. The van der Waals surface area contributed by atoms with Crippen molar-refractivity contribution in [2.24, 2.45) is 4.99 Å². The Kier molecular flexibility index (Phi) is 2.71. The lowest BCUT2D eigenvalue weighted by molar-refractivity contribution is 1.29. The van der Waals surface area contributed by atoms with Crippen molar-refractivity contribution in [1.29, 1.82) is 0 Å². The Labute approximate surface area is 126 Å².